The van der Waals surface area contributed by atoms with Crippen molar-refractivity contribution in [1.29, 1.82) is 0 Å². The summed E-state index contributed by atoms with van der Waals surface area (Å²) in [6.45, 7) is 3.54. The van der Waals surface area contributed by atoms with Crippen LogP contribution in [0.15, 0.2) is 88.8 Å². The second-order valence-corrected chi connectivity index (χ2v) is 17.2. The van der Waals surface area contributed by atoms with Gasteiger partial charge in [0.05, 0.1) is 47.3 Å². The lowest BCUT2D eigenvalue weighted by Gasteiger charge is -2.27. The SMILES string of the molecule is O=C(O)c1nc2n(c1CN1CCCCC1)-c1ccc(Cl)cc1C(c1ccc(C3CCN(Cc4c(C(=O)O)nc5n4-c4ccc(Cl)cc4C(c4ccccc4F)=NC5)C3)cc1F)=NC2. The van der Waals surface area contributed by atoms with Crippen LogP contribution in [-0.2, 0) is 26.2 Å². The number of piperidine rings is 1. The third-order valence-corrected chi connectivity index (χ3v) is 12.9. The number of hydrogen-bond acceptors (Lipinski definition) is 8. The molecule has 1 unspecified atom stereocenters. The first-order chi connectivity index (χ1) is 30.5. The molecule has 0 bridgehead atoms. The van der Waals surface area contributed by atoms with E-state index in [9.17, 15) is 19.8 Å². The summed E-state index contributed by atoms with van der Waals surface area (Å²) in [6, 6.07) is 22.0. The Morgan fingerprint density at radius 2 is 1.19 bits per heavy atom. The molecule has 10 rings (SSSR count). The van der Waals surface area contributed by atoms with Gasteiger partial charge in [-0.15, -0.1) is 0 Å². The molecule has 6 aromatic rings. The summed E-state index contributed by atoms with van der Waals surface area (Å²) in [6.07, 6.45) is 3.91. The highest BCUT2D eigenvalue weighted by molar-refractivity contribution is 6.32. The van der Waals surface area contributed by atoms with Crippen LogP contribution < -0.4 is 0 Å². The van der Waals surface area contributed by atoms with Crippen LogP contribution in [0.3, 0.4) is 0 Å². The van der Waals surface area contributed by atoms with Crippen molar-refractivity contribution in [3.63, 3.8) is 0 Å². The molecule has 63 heavy (non-hydrogen) atoms. The first kappa shape index (κ1) is 41.0. The van der Waals surface area contributed by atoms with Crippen LogP contribution in [0, 0.1) is 11.6 Å². The number of carboxylic acid groups (broad SMARTS) is 2. The van der Waals surface area contributed by atoms with Crippen LogP contribution >= 0.6 is 23.2 Å². The smallest absolute Gasteiger partial charge is 0.356 e. The zero-order valence-electron chi connectivity index (χ0n) is 33.9. The van der Waals surface area contributed by atoms with E-state index in [1.165, 1.54) is 6.07 Å². The summed E-state index contributed by atoms with van der Waals surface area (Å²) in [5.41, 5.74) is 5.37. The van der Waals surface area contributed by atoms with Gasteiger partial charge in [0.1, 0.15) is 23.3 Å². The van der Waals surface area contributed by atoms with Crippen molar-refractivity contribution in [3.8, 4) is 11.4 Å². The van der Waals surface area contributed by atoms with Gasteiger partial charge in [-0.3, -0.25) is 28.9 Å². The zero-order valence-corrected chi connectivity index (χ0v) is 35.4. The Morgan fingerprint density at radius 1 is 0.635 bits per heavy atom. The van der Waals surface area contributed by atoms with Gasteiger partial charge in [-0.2, -0.15) is 0 Å². The second kappa shape index (κ2) is 16.6. The van der Waals surface area contributed by atoms with Crippen molar-refractivity contribution < 1.29 is 28.6 Å². The molecule has 2 N–H and O–H groups in total. The van der Waals surface area contributed by atoms with Gasteiger partial charge in [-0.25, -0.2) is 28.3 Å². The number of nitrogens with zero attached hydrogens (tertiary/aromatic N) is 8. The number of likely N-dealkylation sites (tertiary alicyclic amines) is 2. The molecule has 4 aliphatic rings. The molecule has 0 amide bonds. The number of imidazole rings is 2. The van der Waals surface area contributed by atoms with Gasteiger partial charge in [0, 0.05) is 51.9 Å². The lowest BCUT2D eigenvalue weighted by molar-refractivity contribution is 0.0677. The van der Waals surface area contributed by atoms with Crippen LogP contribution in [0.4, 0.5) is 8.78 Å². The fraction of sp³-hybridized carbons (Fsp3) is 0.277. The molecule has 4 aliphatic heterocycles. The molecule has 0 aliphatic carbocycles. The minimum atomic E-state index is -1.18. The molecule has 0 spiro atoms. The maximum absolute atomic E-state index is 16.6. The van der Waals surface area contributed by atoms with E-state index >= 15 is 8.78 Å². The summed E-state index contributed by atoms with van der Waals surface area (Å²) in [5, 5.41) is 21.4. The average molecular weight is 890 g/mol. The summed E-state index contributed by atoms with van der Waals surface area (Å²) in [4.78, 5) is 48.3. The number of aromatic nitrogens is 4. The molecule has 0 radical (unpaired) electrons. The minimum Gasteiger partial charge on any atom is -0.476 e. The number of aromatic carboxylic acids is 2. The van der Waals surface area contributed by atoms with Gasteiger partial charge in [-0.1, -0.05) is 47.8 Å². The van der Waals surface area contributed by atoms with Crippen molar-refractivity contribution in [2.24, 2.45) is 9.98 Å². The molecule has 0 saturated carbocycles. The van der Waals surface area contributed by atoms with Gasteiger partial charge in [0.2, 0.25) is 0 Å². The van der Waals surface area contributed by atoms with E-state index in [1.807, 2.05) is 16.7 Å². The Hall–Kier alpha value is -6.06. The lowest BCUT2D eigenvalue weighted by Crippen LogP contribution is -2.30. The Bertz CT molecular complexity index is 2920. The van der Waals surface area contributed by atoms with Crippen molar-refractivity contribution in [1.82, 2.24) is 28.9 Å². The summed E-state index contributed by atoms with van der Waals surface area (Å²) in [7, 11) is 0. The van der Waals surface area contributed by atoms with Gasteiger partial charge >= 0.3 is 11.9 Å². The predicted molar refractivity (Wildman–Crippen MR) is 234 cm³/mol. The Kier molecular flexibility index (Phi) is 10.8. The fourth-order valence-corrected chi connectivity index (χ4v) is 9.91. The number of fused-ring (bicyclic) bond motifs is 6. The number of carbonyl (C=O) groups is 2. The molecule has 320 valence electrons. The Balaban J connectivity index is 0.937. The standard InChI is InChI=1S/C47H40Cl2F2N8O4/c48-28-9-12-36-32(19-28)42(30-6-2-3-7-34(30)50)52-21-41-55-45(47(62)63)39(59(36)41)25-57-17-14-27(23-57)26-8-11-31(35(51)18-26)43-33-20-29(49)10-13-37(33)58-38(24-56-15-4-1-5-16-56)44(46(60)61)54-40(58)22-53-43/h2-3,6-13,18-20,27H,1,4-5,14-17,21-25H2,(H,60,61)(H,62,63). The van der Waals surface area contributed by atoms with Gasteiger partial charge in [0.25, 0.3) is 0 Å². The van der Waals surface area contributed by atoms with Gasteiger partial charge < -0.3 is 10.2 Å². The number of benzene rings is 4. The highest BCUT2D eigenvalue weighted by atomic mass is 35.5. The number of rotatable bonds is 9. The van der Waals surface area contributed by atoms with E-state index in [4.69, 9.17) is 33.2 Å². The normalized spacial score (nSPS) is 17.5. The van der Waals surface area contributed by atoms with Crippen molar-refractivity contribution in [2.45, 2.75) is 57.8 Å². The largest absolute Gasteiger partial charge is 0.476 e. The third-order valence-electron chi connectivity index (χ3n) is 12.5. The Morgan fingerprint density at radius 3 is 1.75 bits per heavy atom. The average Bonchev–Trinajstić information content (AvgIpc) is 3.93. The molecule has 4 aromatic carbocycles. The minimum absolute atomic E-state index is 0.0124. The monoisotopic (exact) mass is 888 g/mol. The predicted octanol–water partition coefficient (Wildman–Crippen LogP) is 8.72. The molecule has 6 heterocycles. The quantitative estimate of drug-likeness (QED) is 0.147. The first-order valence-corrected chi connectivity index (χ1v) is 21.6. The van der Waals surface area contributed by atoms with Crippen LogP contribution in [-0.4, -0.2) is 88.7 Å². The molecule has 2 saturated heterocycles. The zero-order chi connectivity index (χ0) is 43.5. The Labute approximate surface area is 370 Å². The van der Waals surface area contributed by atoms with Gasteiger partial charge in [-0.05, 0) is 111 Å². The van der Waals surface area contributed by atoms with Crippen LogP contribution in [0.1, 0.15) is 103 Å². The van der Waals surface area contributed by atoms with Crippen LogP contribution in [0.2, 0.25) is 10.0 Å². The van der Waals surface area contributed by atoms with Gasteiger partial charge in [0.15, 0.2) is 11.4 Å². The number of carboxylic acids is 2. The summed E-state index contributed by atoms with van der Waals surface area (Å²) < 4.78 is 35.4. The third kappa shape index (κ3) is 7.54. The van der Waals surface area contributed by atoms with E-state index in [-0.39, 0.29) is 42.5 Å². The summed E-state index contributed by atoms with van der Waals surface area (Å²) >= 11 is 13.1. The van der Waals surface area contributed by atoms with E-state index in [0.29, 0.717) is 98.6 Å². The van der Waals surface area contributed by atoms with Crippen molar-refractivity contribution >= 4 is 46.6 Å². The van der Waals surface area contributed by atoms with Crippen molar-refractivity contribution in [2.75, 3.05) is 26.2 Å². The van der Waals surface area contributed by atoms with Crippen molar-refractivity contribution in [3.05, 3.63) is 163 Å². The lowest BCUT2D eigenvalue weighted by atomic mass is 9.94. The molecule has 16 heteroatoms. The summed E-state index contributed by atoms with van der Waals surface area (Å²) in [5.74, 6) is -2.42. The van der Waals surface area contributed by atoms with Crippen LogP contribution in [0.5, 0.6) is 0 Å². The molecule has 2 fully saturated rings. The maximum atomic E-state index is 16.6. The molecular weight excluding hydrogens is 849 g/mol. The van der Waals surface area contributed by atoms with Crippen LogP contribution in [0.25, 0.3) is 11.4 Å². The maximum Gasteiger partial charge on any atom is 0.356 e. The van der Waals surface area contributed by atoms with E-state index in [0.717, 1.165) is 37.9 Å². The molecular formula is C47H40Cl2F2N8O4. The van der Waals surface area contributed by atoms with E-state index < -0.39 is 23.6 Å². The molecule has 12 nitrogen and oxygen atoms in total. The highest BCUT2D eigenvalue weighted by Crippen LogP contribution is 2.36. The number of aliphatic imine (C=N–C) groups is 2. The highest BCUT2D eigenvalue weighted by Gasteiger charge is 2.34. The van der Waals surface area contributed by atoms with E-state index in [2.05, 4.69) is 19.8 Å². The topological polar surface area (TPSA) is 141 Å². The molecule has 1 atom stereocenters. The molecule has 2 aromatic heterocycles. The number of hydrogen-bond donors (Lipinski definition) is 2. The van der Waals surface area contributed by atoms with E-state index in [1.54, 1.807) is 65.2 Å². The second-order valence-electron chi connectivity index (χ2n) is 16.4. The number of halogens is 4. The fourth-order valence-electron chi connectivity index (χ4n) is 9.56. The first-order valence-electron chi connectivity index (χ1n) is 20.9.